The zero-order valence-corrected chi connectivity index (χ0v) is 12.3. The largest absolute Gasteiger partial charge is 0.488 e. The molecule has 0 aliphatic rings. The van der Waals surface area contributed by atoms with E-state index >= 15 is 0 Å². The maximum absolute atomic E-state index is 13.4. The molecule has 0 amide bonds. The predicted molar refractivity (Wildman–Crippen MR) is 81.8 cm³/mol. The molecule has 1 atom stereocenters. The zero-order chi connectivity index (χ0) is 15.5. The lowest BCUT2D eigenvalue weighted by molar-refractivity contribution is 0.0895. The van der Waals surface area contributed by atoms with Gasteiger partial charge >= 0.3 is 0 Å². The van der Waals surface area contributed by atoms with E-state index < -0.39 is 11.9 Å². The number of benzene rings is 1. The second kappa shape index (κ2) is 6.25. The molecule has 3 rings (SSSR count). The summed E-state index contributed by atoms with van der Waals surface area (Å²) in [5, 5.41) is 12.3. The van der Waals surface area contributed by atoms with Gasteiger partial charge in [-0.1, -0.05) is 12.1 Å². The summed E-state index contributed by atoms with van der Waals surface area (Å²) in [4.78, 5) is 17.0. The molecule has 1 N–H and O–H groups in total. The molecule has 2 aromatic heterocycles. The molecular formula is C15H13FN2O3S. The lowest BCUT2D eigenvalue weighted by Gasteiger charge is -2.14. The van der Waals surface area contributed by atoms with Gasteiger partial charge in [0.2, 0.25) is 0 Å². The highest BCUT2D eigenvalue weighted by Gasteiger charge is 2.11. The molecular weight excluding hydrogens is 307 g/mol. The quantitative estimate of drug-likeness (QED) is 0.781. The molecule has 22 heavy (non-hydrogen) atoms. The van der Waals surface area contributed by atoms with E-state index in [-0.39, 0.29) is 24.5 Å². The van der Waals surface area contributed by atoms with Gasteiger partial charge in [0, 0.05) is 0 Å². The number of aliphatic hydroxyl groups is 1. The summed E-state index contributed by atoms with van der Waals surface area (Å²) in [6.07, 6.45) is 0.447. The van der Waals surface area contributed by atoms with Crippen LogP contribution in [0.15, 0.2) is 46.8 Å². The average Bonchev–Trinajstić information content (AvgIpc) is 2.99. The Labute approximate surface area is 129 Å². The molecule has 0 saturated carbocycles. The van der Waals surface area contributed by atoms with Gasteiger partial charge in [0.05, 0.1) is 18.3 Å². The molecule has 0 aliphatic heterocycles. The molecule has 0 saturated heterocycles. The summed E-state index contributed by atoms with van der Waals surface area (Å²) in [5.41, 5.74) is -0.212. The Kier molecular flexibility index (Phi) is 4.17. The standard InChI is InChI=1S/C15H13FN2O3S/c16-12-3-1-2-4-13(12)21-8-10(19)7-18-9-17-14-11(15(18)20)5-6-22-14/h1-6,9-10,19H,7-8H2/t10-/m1/s1. The number of rotatable bonds is 5. The van der Waals surface area contributed by atoms with Crippen LogP contribution in [-0.4, -0.2) is 27.4 Å². The van der Waals surface area contributed by atoms with Crippen molar-refractivity contribution in [1.29, 1.82) is 0 Å². The van der Waals surface area contributed by atoms with Crippen LogP contribution in [0, 0.1) is 5.82 Å². The molecule has 0 spiro atoms. The summed E-state index contributed by atoms with van der Waals surface area (Å²) in [7, 11) is 0. The van der Waals surface area contributed by atoms with Gasteiger partial charge in [-0.3, -0.25) is 9.36 Å². The molecule has 1 aromatic carbocycles. The minimum atomic E-state index is -0.949. The molecule has 0 bridgehead atoms. The zero-order valence-electron chi connectivity index (χ0n) is 11.5. The van der Waals surface area contributed by atoms with E-state index in [4.69, 9.17) is 4.74 Å². The second-order valence-corrected chi connectivity index (χ2v) is 5.63. The monoisotopic (exact) mass is 320 g/mol. The molecule has 0 unspecified atom stereocenters. The van der Waals surface area contributed by atoms with Crippen LogP contribution in [0.25, 0.3) is 10.2 Å². The summed E-state index contributed by atoms with van der Waals surface area (Å²) < 4.78 is 19.9. The van der Waals surface area contributed by atoms with Gasteiger partial charge in [-0.25, -0.2) is 9.37 Å². The first-order valence-electron chi connectivity index (χ1n) is 6.63. The molecule has 0 aliphatic carbocycles. The molecule has 7 heteroatoms. The van der Waals surface area contributed by atoms with E-state index in [0.29, 0.717) is 10.2 Å². The highest BCUT2D eigenvalue weighted by molar-refractivity contribution is 7.16. The maximum Gasteiger partial charge on any atom is 0.262 e. The Balaban J connectivity index is 1.68. The van der Waals surface area contributed by atoms with Gasteiger partial charge in [0.25, 0.3) is 5.56 Å². The minimum absolute atomic E-state index is 0.0338. The summed E-state index contributed by atoms with van der Waals surface area (Å²) in [5.74, 6) is -0.423. The average molecular weight is 320 g/mol. The third-order valence-corrected chi connectivity index (χ3v) is 3.95. The van der Waals surface area contributed by atoms with Crippen molar-refractivity contribution in [2.45, 2.75) is 12.6 Å². The van der Waals surface area contributed by atoms with Gasteiger partial charge < -0.3 is 9.84 Å². The molecule has 0 fully saturated rings. The number of aromatic nitrogens is 2. The van der Waals surface area contributed by atoms with E-state index in [1.54, 1.807) is 23.6 Å². The second-order valence-electron chi connectivity index (χ2n) is 4.74. The fraction of sp³-hybridized carbons (Fsp3) is 0.200. The molecule has 0 radical (unpaired) electrons. The van der Waals surface area contributed by atoms with Crippen molar-refractivity contribution in [2.75, 3.05) is 6.61 Å². The highest BCUT2D eigenvalue weighted by Crippen LogP contribution is 2.16. The van der Waals surface area contributed by atoms with E-state index in [1.807, 2.05) is 0 Å². The normalized spacial score (nSPS) is 12.5. The molecule has 5 nitrogen and oxygen atoms in total. The van der Waals surface area contributed by atoms with E-state index in [9.17, 15) is 14.3 Å². The van der Waals surface area contributed by atoms with Crippen molar-refractivity contribution < 1.29 is 14.2 Å². The van der Waals surface area contributed by atoms with Crippen LogP contribution >= 0.6 is 11.3 Å². The van der Waals surface area contributed by atoms with Gasteiger partial charge in [-0.2, -0.15) is 0 Å². The van der Waals surface area contributed by atoms with Crippen molar-refractivity contribution in [2.24, 2.45) is 0 Å². The Morgan fingerprint density at radius 2 is 2.18 bits per heavy atom. The number of fused-ring (bicyclic) bond motifs is 1. The Morgan fingerprint density at radius 3 is 3.00 bits per heavy atom. The first kappa shape index (κ1) is 14.7. The van der Waals surface area contributed by atoms with E-state index in [2.05, 4.69) is 4.98 Å². The van der Waals surface area contributed by atoms with Crippen LogP contribution in [-0.2, 0) is 6.54 Å². The molecule has 114 valence electrons. The number of aliphatic hydroxyl groups excluding tert-OH is 1. The van der Waals surface area contributed by atoms with Crippen LogP contribution in [0.2, 0.25) is 0 Å². The lowest BCUT2D eigenvalue weighted by atomic mass is 10.3. The molecule has 2 heterocycles. The van der Waals surface area contributed by atoms with Gasteiger partial charge in [0.15, 0.2) is 11.6 Å². The smallest absolute Gasteiger partial charge is 0.262 e. The van der Waals surface area contributed by atoms with Gasteiger partial charge in [0.1, 0.15) is 17.5 Å². The number of para-hydroxylation sites is 1. The number of thiophene rings is 1. The van der Waals surface area contributed by atoms with Crippen molar-refractivity contribution >= 4 is 21.6 Å². The van der Waals surface area contributed by atoms with Crippen LogP contribution in [0.5, 0.6) is 5.75 Å². The van der Waals surface area contributed by atoms with Crippen molar-refractivity contribution in [3.8, 4) is 5.75 Å². The Hall–Kier alpha value is -2.25. The number of halogens is 1. The van der Waals surface area contributed by atoms with E-state index in [0.717, 1.165) is 0 Å². The Morgan fingerprint density at radius 1 is 1.36 bits per heavy atom. The van der Waals surface area contributed by atoms with Gasteiger partial charge in [-0.15, -0.1) is 11.3 Å². The lowest BCUT2D eigenvalue weighted by Crippen LogP contribution is -2.30. The fourth-order valence-corrected chi connectivity index (χ4v) is 2.77. The number of nitrogens with zero attached hydrogens (tertiary/aromatic N) is 2. The topological polar surface area (TPSA) is 64.4 Å². The maximum atomic E-state index is 13.4. The summed E-state index contributed by atoms with van der Waals surface area (Å²) in [6.45, 7) is -0.0822. The van der Waals surface area contributed by atoms with Crippen molar-refractivity contribution in [1.82, 2.24) is 9.55 Å². The number of ether oxygens (including phenoxy) is 1. The van der Waals surface area contributed by atoms with Crippen LogP contribution < -0.4 is 10.3 Å². The fourth-order valence-electron chi connectivity index (χ4n) is 2.05. The van der Waals surface area contributed by atoms with Gasteiger partial charge in [-0.05, 0) is 23.6 Å². The third-order valence-electron chi connectivity index (χ3n) is 3.13. The number of hydrogen-bond acceptors (Lipinski definition) is 5. The molecule has 3 aromatic rings. The highest BCUT2D eigenvalue weighted by atomic mass is 32.1. The number of hydrogen-bond donors (Lipinski definition) is 1. The Bertz CT molecular complexity index is 846. The first-order chi connectivity index (χ1) is 10.6. The van der Waals surface area contributed by atoms with Crippen molar-refractivity contribution in [3.05, 3.63) is 58.2 Å². The van der Waals surface area contributed by atoms with E-state index in [1.165, 1.54) is 34.4 Å². The van der Waals surface area contributed by atoms with Crippen LogP contribution in [0.4, 0.5) is 4.39 Å². The van der Waals surface area contributed by atoms with Crippen molar-refractivity contribution in [3.63, 3.8) is 0 Å². The third kappa shape index (κ3) is 3.00. The van der Waals surface area contributed by atoms with Crippen LogP contribution in [0.3, 0.4) is 0 Å². The summed E-state index contributed by atoms with van der Waals surface area (Å²) in [6, 6.07) is 7.66. The predicted octanol–water partition coefficient (Wildman–Crippen LogP) is 2.04. The minimum Gasteiger partial charge on any atom is -0.488 e. The first-order valence-corrected chi connectivity index (χ1v) is 7.51. The van der Waals surface area contributed by atoms with Crippen LogP contribution in [0.1, 0.15) is 0 Å². The summed E-state index contributed by atoms with van der Waals surface area (Å²) >= 11 is 1.38. The SMILES string of the molecule is O=c1c2ccsc2ncn1C[C@@H](O)COc1ccccc1F.